The number of amides is 1. The molecule has 1 rings (SSSR count). The van der Waals surface area contributed by atoms with Crippen molar-refractivity contribution >= 4 is 17.5 Å². The van der Waals surface area contributed by atoms with Crippen LogP contribution in [0.3, 0.4) is 0 Å². The quantitative estimate of drug-likeness (QED) is 0.705. The van der Waals surface area contributed by atoms with Crippen LogP contribution in [0.5, 0.6) is 0 Å². The van der Waals surface area contributed by atoms with Gasteiger partial charge in [0.2, 0.25) is 11.1 Å². The van der Waals surface area contributed by atoms with E-state index >= 15 is 0 Å². The lowest BCUT2D eigenvalue weighted by Crippen LogP contribution is -2.13. The minimum Gasteiger partial charge on any atom is -0.363 e. The monoisotopic (exact) mass is 190 g/mol. The minimum absolute atomic E-state index is 0.0747. The number of carbonyl (C=O) groups excluding carboxylic acids is 1. The Bertz CT molecular complexity index is 298. The van der Waals surface area contributed by atoms with Gasteiger partial charge in [-0.1, -0.05) is 0 Å². The molecule has 12 heavy (non-hydrogen) atoms. The average Bonchev–Trinajstić information content (AvgIpc) is 2.34. The fraction of sp³-hybridized carbons (Fsp3) is 0.400. The van der Waals surface area contributed by atoms with Gasteiger partial charge in [-0.2, -0.15) is 4.98 Å². The van der Waals surface area contributed by atoms with Crippen LogP contribution >= 0.6 is 11.6 Å². The first-order valence-electron chi connectivity index (χ1n) is 3.04. The van der Waals surface area contributed by atoms with Gasteiger partial charge in [-0.05, 0) is 11.6 Å². The molecule has 0 aromatic carbocycles. The van der Waals surface area contributed by atoms with Crippen LogP contribution in [-0.4, -0.2) is 27.8 Å². The maximum absolute atomic E-state index is 10.6. The fourth-order valence-electron chi connectivity index (χ4n) is 0.632. The molecule has 0 unspecified atom stereocenters. The summed E-state index contributed by atoms with van der Waals surface area (Å²) in [5.41, 5.74) is 4.92. The van der Waals surface area contributed by atoms with Crippen molar-refractivity contribution in [2.45, 2.75) is 6.73 Å². The van der Waals surface area contributed by atoms with E-state index in [9.17, 15) is 4.79 Å². The molecule has 66 valence electrons. The Balaban J connectivity index is 2.92. The van der Waals surface area contributed by atoms with Crippen molar-refractivity contribution in [3.05, 3.63) is 11.1 Å². The summed E-state index contributed by atoms with van der Waals surface area (Å²) in [6.45, 7) is 0.138. The first-order chi connectivity index (χ1) is 5.65. The standard InChI is InChI=1S/C5H7ClN4O2/c1-12-2-10-5(6)8-4(9-10)3(7)11/h2H2,1H3,(H2,7,11). The van der Waals surface area contributed by atoms with Crippen LogP contribution in [0.2, 0.25) is 5.28 Å². The number of nitrogens with two attached hydrogens (primary N) is 1. The molecule has 1 aromatic rings. The van der Waals surface area contributed by atoms with Gasteiger partial charge in [-0.25, -0.2) is 4.68 Å². The Morgan fingerprint density at radius 3 is 2.92 bits per heavy atom. The molecule has 6 nitrogen and oxygen atoms in total. The van der Waals surface area contributed by atoms with E-state index in [1.807, 2.05) is 0 Å². The highest BCUT2D eigenvalue weighted by Crippen LogP contribution is 2.04. The van der Waals surface area contributed by atoms with E-state index in [0.29, 0.717) is 0 Å². The summed E-state index contributed by atoms with van der Waals surface area (Å²) in [6, 6.07) is 0. The second kappa shape index (κ2) is 3.51. The van der Waals surface area contributed by atoms with Crippen LogP contribution in [0.25, 0.3) is 0 Å². The number of halogens is 1. The van der Waals surface area contributed by atoms with Gasteiger partial charge < -0.3 is 10.5 Å². The molecule has 1 amide bonds. The van der Waals surface area contributed by atoms with E-state index in [2.05, 4.69) is 10.1 Å². The molecule has 0 aliphatic rings. The zero-order valence-corrected chi connectivity index (χ0v) is 7.08. The Kier molecular flexibility index (Phi) is 2.61. The maximum atomic E-state index is 10.6. The van der Waals surface area contributed by atoms with Gasteiger partial charge in [0.05, 0.1) is 0 Å². The van der Waals surface area contributed by atoms with Gasteiger partial charge in [0, 0.05) is 7.11 Å². The van der Waals surface area contributed by atoms with Crippen molar-refractivity contribution in [2.75, 3.05) is 7.11 Å². The van der Waals surface area contributed by atoms with Crippen LogP contribution in [-0.2, 0) is 11.5 Å². The molecule has 1 heterocycles. The molecule has 0 fully saturated rings. The average molecular weight is 191 g/mol. The number of primary amides is 1. The van der Waals surface area contributed by atoms with Gasteiger partial charge in [0.1, 0.15) is 6.73 Å². The van der Waals surface area contributed by atoms with Crippen molar-refractivity contribution < 1.29 is 9.53 Å². The molecule has 0 atom stereocenters. The van der Waals surface area contributed by atoms with E-state index in [1.54, 1.807) is 0 Å². The van der Waals surface area contributed by atoms with Crippen molar-refractivity contribution in [1.82, 2.24) is 14.8 Å². The highest BCUT2D eigenvalue weighted by atomic mass is 35.5. The van der Waals surface area contributed by atoms with Gasteiger partial charge in [0.25, 0.3) is 5.91 Å². The van der Waals surface area contributed by atoms with Crippen LogP contribution in [0.1, 0.15) is 10.6 Å². The molecule has 0 saturated carbocycles. The third-order valence-corrected chi connectivity index (χ3v) is 1.38. The lowest BCUT2D eigenvalue weighted by Gasteiger charge is -1.96. The molecular formula is C5H7ClN4O2. The van der Waals surface area contributed by atoms with Crippen molar-refractivity contribution in [3.63, 3.8) is 0 Å². The van der Waals surface area contributed by atoms with E-state index < -0.39 is 5.91 Å². The molecule has 7 heteroatoms. The number of ether oxygens (including phenoxy) is 1. The number of aromatic nitrogens is 3. The predicted molar refractivity (Wildman–Crippen MR) is 40.6 cm³/mol. The largest absolute Gasteiger partial charge is 0.363 e. The van der Waals surface area contributed by atoms with Crippen LogP contribution in [0.15, 0.2) is 0 Å². The molecular weight excluding hydrogens is 184 g/mol. The predicted octanol–water partition coefficient (Wildman–Crippen LogP) is -0.366. The minimum atomic E-state index is -0.716. The topological polar surface area (TPSA) is 83.0 Å². The lowest BCUT2D eigenvalue weighted by atomic mass is 10.6. The van der Waals surface area contributed by atoms with E-state index in [4.69, 9.17) is 22.1 Å². The van der Waals surface area contributed by atoms with Crippen LogP contribution < -0.4 is 5.73 Å². The first-order valence-corrected chi connectivity index (χ1v) is 3.42. The molecule has 0 radical (unpaired) electrons. The number of hydrogen-bond acceptors (Lipinski definition) is 4. The Morgan fingerprint density at radius 2 is 2.50 bits per heavy atom. The first kappa shape index (κ1) is 8.95. The third kappa shape index (κ3) is 1.72. The Labute approximate surface area is 73.3 Å². The van der Waals surface area contributed by atoms with E-state index in [-0.39, 0.29) is 17.8 Å². The number of rotatable bonds is 3. The molecule has 2 N–H and O–H groups in total. The van der Waals surface area contributed by atoms with Gasteiger partial charge in [0.15, 0.2) is 0 Å². The lowest BCUT2D eigenvalue weighted by molar-refractivity contribution is 0.0983. The van der Waals surface area contributed by atoms with Gasteiger partial charge in [-0.3, -0.25) is 4.79 Å². The normalized spacial score (nSPS) is 10.2. The van der Waals surface area contributed by atoms with Crippen molar-refractivity contribution in [2.24, 2.45) is 5.73 Å². The molecule has 0 aliphatic heterocycles. The zero-order valence-electron chi connectivity index (χ0n) is 6.32. The summed E-state index contributed by atoms with van der Waals surface area (Å²) in [5, 5.41) is 3.75. The molecule has 0 aliphatic carbocycles. The van der Waals surface area contributed by atoms with Crippen LogP contribution in [0, 0.1) is 0 Å². The maximum Gasteiger partial charge on any atom is 0.288 e. The van der Waals surface area contributed by atoms with Gasteiger partial charge in [-0.15, -0.1) is 5.10 Å². The molecule has 0 spiro atoms. The van der Waals surface area contributed by atoms with Crippen LogP contribution in [0.4, 0.5) is 0 Å². The second-order valence-electron chi connectivity index (χ2n) is 1.99. The summed E-state index contributed by atoms with van der Waals surface area (Å²) in [4.78, 5) is 14.1. The summed E-state index contributed by atoms with van der Waals surface area (Å²) < 4.78 is 5.95. The number of hydrogen-bond donors (Lipinski definition) is 1. The highest BCUT2D eigenvalue weighted by Gasteiger charge is 2.11. The zero-order chi connectivity index (χ0) is 9.14. The summed E-state index contributed by atoms with van der Waals surface area (Å²) in [5.74, 6) is -0.830. The smallest absolute Gasteiger partial charge is 0.288 e. The van der Waals surface area contributed by atoms with E-state index in [1.165, 1.54) is 11.8 Å². The third-order valence-electron chi connectivity index (χ3n) is 1.10. The Morgan fingerprint density at radius 1 is 1.83 bits per heavy atom. The number of carbonyl (C=O) groups is 1. The SMILES string of the molecule is COCn1nc(C(N)=O)nc1Cl. The summed E-state index contributed by atoms with van der Waals surface area (Å²) in [7, 11) is 1.47. The van der Waals surface area contributed by atoms with Crippen molar-refractivity contribution in [1.29, 1.82) is 0 Å². The van der Waals surface area contributed by atoms with Crippen molar-refractivity contribution in [3.8, 4) is 0 Å². The number of methoxy groups -OCH3 is 1. The summed E-state index contributed by atoms with van der Waals surface area (Å²) >= 11 is 5.57. The second-order valence-corrected chi connectivity index (χ2v) is 2.32. The summed E-state index contributed by atoms with van der Waals surface area (Å²) in [6.07, 6.45) is 0. The molecule has 0 bridgehead atoms. The van der Waals surface area contributed by atoms with E-state index in [0.717, 1.165) is 0 Å². The highest BCUT2D eigenvalue weighted by molar-refractivity contribution is 6.28. The number of nitrogens with zero attached hydrogens (tertiary/aromatic N) is 3. The molecule has 1 aromatic heterocycles. The molecule has 0 saturated heterocycles. The fourth-order valence-corrected chi connectivity index (χ4v) is 0.799. The van der Waals surface area contributed by atoms with Gasteiger partial charge >= 0.3 is 0 Å². The Hall–Kier alpha value is -1.14.